The van der Waals surface area contributed by atoms with Gasteiger partial charge in [0.25, 0.3) is 0 Å². The van der Waals surface area contributed by atoms with Crippen LogP contribution in [-0.4, -0.2) is 53.4 Å². The quantitative estimate of drug-likeness (QED) is 0.606. The third-order valence-electron chi connectivity index (χ3n) is 5.21. The van der Waals surface area contributed by atoms with Crippen LogP contribution in [0.1, 0.15) is 25.5 Å². The molecule has 0 saturated carbocycles. The van der Waals surface area contributed by atoms with Gasteiger partial charge in [0.05, 0.1) is 27.8 Å². The van der Waals surface area contributed by atoms with E-state index in [-0.39, 0.29) is 16.7 Å². The van der Waals surface area contributed by atoms with Gasteiger partial charge in [0, 0.05) is 37.6 Å². The second-order valence-electron chi connectivity index (χ2n) is 7.08. The zero-order valence-electron chi connectivity index (χ0n) is 16.4. The van der Waals surface area contributed by atoms with E-state index in [0.717, 1.165) is 16.7 Å². The molecule has 1 aliphatic heterocycles. The van der Waals surface area contributed by atoms with Crippen LogP contribution in [0.15, 0.2) is 39.8 Å². The number of hydrogen-bond acceptors (Lipinski definition) is 4. The standard InChI is InChI=1S/C19H24BrClN4O3S/c1-3-25-18(17(20)12-22-25)13-23(2)19(26)14-8-10-24(11-9-14)29(27,28)16-6-4-15(21)5-7-16/h4-7,12,14H,3,8-11,13H2,1-2H3. The van der Waals surface area contributed by atoms with Crippen LogP contribution in [0.25, 0.3) is 0 Å². The highest BCUT2D eigenvalue weighted by molar-refractivity contribution is 9.10. The van der Waals surface area contributed by atoms with E-state index < -0.39 is 10.0 Å². The molecule has 2 heterocycles. The van der Waals surface area contributed by atoms with Crippen LogP contribution in [0.4, 0.5) is 0 Å². The van der Waals surface area contributed by atoms with Crippen molar-refractivity contribution < 1.29 is 13.2 Å². The molecule has 1 aromatic heterocycles. The van der Waals surface area contributed by atoms with Gasteiger partial charge in [-0.2, -0.15) is 9.40 Å². The Balaban J connectivity index is 1.61. The molecule has 158 valence electrons. The van der Waals surface area contributed by atoms with E-state index in [1.54, 1.807) is 30.3 Å². The Morgan fingerprint density at radius 3 is 2.48 bits per heavy atom. The Kier molecular flexibility index (Phi) is 7.03. The molecule has 1 saturated heterocycles. The van der Waals surface area contributed by atoms with Gasteiger partial charge in [0.2, 0.25) is 15.9 Å². The van der Waals surface area contributed by atoms with Crippen molar-refractivity contribution in [3.63, 3.8) is 0 Å². The number of piperidine rings is 1. The minimum atomic E-state index is -3.57. The number of sulfonamides is 1. The molecule has 0 bridgehead atoms. The van der Waals surface area contributed by atoms with E-state index in [4.69, 9.17) is 11.6 Å². The van der Waals surface area contributed by atoms with Crippen molar-refractivity contribution in [1.82, 2.24) is 19.0 Å². The van der Waals surface area contributed by atoms with E-state index in [2.05, 4.69) is 21.0 Å². The van der Waals surface area contributed by atoms with Gasteiger partial charge in [-0.1, -0.05) is 11.6 Å². The molecule has 0 radical (unpaired) electrons. The number of carbonyl (C=O) groups excluding carboxylic acids is 1. The summed E-state index contributed by atoms with van der Waals surface area (Å²) in [5, 5.41) is 4.77. The molecule has 0 N–H and O–H groups in total. The maximum atomic E-state index is 12.9. The largest absolute Gasteiger partial charge is 0.340 e. The lowest BCUT2D eigenvalue weighted by molar-refractivity contribution is -0.136. The van der Waals surface area contributed by atoms with Crippen molar-refractivity contribution in [1.29, 1.82) is 0 Å². The monoisotopic (exact) mass is 502 g/mol. The summed E-state index contributed by atoms with van der Waals surface area (Å²) in [6.45, 7) is 3.83. The number of halogens is 2. The molecular weight excluding hydrogens is 480 g/mol. The summed E-state index contributed by atoms with van der Waals surface area (Å²) in [7, 11) is -1.80. The maximum absolute atomic E-state index is 12.9. The molecule has 1 aliphatic rings. The molecule has 0 aliphatic carbocycles. The summed E-state index contributed by atoms with van der Waals surface area (Å²) in [6.07, 6.45) is 2.74. The van der Waals surface area contributed by atoms with Crippen molar-refractivity contribution in [2.45, 2.75) is 37.8 Å². The van der Waals surface area contributed by atoms with E-state index >= 15 is 0 Å². The van der Waals surface area contributed by atoms with Gasteiger partial charge in [0.15, 0.2) is 0 Å². The average molecular weight is 504 g/mol. The number of hydrogen-bond donors (Lipinski definition) is 0. The predicted molar refractivity (Wildman–Crippen MR) is 115 cm³/mol. The first-order valence-corrected chi connectivity index (χ1v) is 12.1. The Hall–Kier alpha value is -1.42. The van der Waals surface area contributed by atoms with Gasteiger partial charge in [-0.05, 0) is 60.0 Å². The van der Waals surface area contributed by atoms with E-state index in [1.165, 1.54) is 16.4 Å². The first-order chi connectivity index (χ1) is 13.7. The lowest BCUT2D eigenvalue weighted by Crippen LogP contribution is -2.43. The van der Waals surface area contributed by atoms with Crippen molar-refractivity contribution in [3.05, 3.63) is 45.7 Å². The fourth-order valence-corrected chi connectivity index (χ4v) is 5.55. The van der Waals surface area contributed by atoms with Crippen LogP contribution >= 0.6 is 27.5 Å². The normalized spacial score (nSPS) is 16.1. The van der Waals surface area contributed by atoms with Gasteiger partial charge in [-0.15, -0.1) is 0 Å². The number of rotatable bonds is 6. The summed E-state index contributed by atoms with van der Waals surface area (Å²) in [6, 6.07) is 6.16. The first-order valence-electron chi connectivity index (χ1n) is 9.45. The molecule has 10 heteroatoms. The highest BCUT2D eigenvalue weighted by Gasteiger charge is 2.33. The second-order valence-corrected chi connectivity index (χ2v) is 10.3. The van der Waals surface area contributed by atoms with Crippen molar-refractivity contribution in [2.24, 2.45) is 5.92 Å². The molecular formula is C19H24BrClN4O3S. The molecule has 1 aromatic carbocycles. The van der Waals surface area contributed by atoms with Gasteiger partial charge in [0.1, 0.15) is 0 Å². The summed E-state index contributed by atoms with van der Waals surface area (Å²) in [5.41, 5.74) is 0.950. The van der Waals surface area contributed by atoms with Crippen molar-refractivity contribution >= 4 is 43.5 Å². The molecule has 2 aromatic rings. The topological polar surface area (TPSA) is 75.5 Å². The molecule has 3 rings (SSSR count). The van der Waals surface area contributed by atoms with E-state index in [1.807, 2.05) is 11.6 Å². The number of benzene rings is 1. The number of carbonyl (C=O) groups is 1. The van der Waals surface area contributed by atoms with Crippen LogP contribution in [0.2, 0.25) is 5.02 Å². The van der Waals surface area contributed by atoms with Crippen LogP contribution < -0.4 is 0 Å². The number of aromatic nitrogens is 2. The smallest absolute Gasteiger partial charge is 0.243 e. The molecule has 7 nitrogen and oxygen atoms in total. The van der Waals surface area contributed by atoms with E-state index in [9.17, 15) is 13.2 Å². The molecule has 29 heavy (non-hydrogen) atoms. The molecule has 1 amide bonds. The Morgan fingerprint density at radius 1 is 1.28 bits per heavy atom. The first kappa shape index (κ1) is 22.3. The molecule has 1 fully saturated rings. The second kappa shape index (κ2) is 9.16. The number of aryl methyl sites for hydroxylation is 1. The van der Waals surface area contributed by atoms with Gasteiger partial charge in [-0.25, -0.2) is 8.42 Å². The third kappa shape index (κ3) is 4.84. The summed E-state index contributed by atoms with van der Waals surface area (Å²) in [5.74, 6) is -0.155. The lowest BCUT2D eigenvalue weighted by Gasteiger charge is -2.32. The zero-order chi connectivity index (χ0) is 21.2. The summed E-state index contributed by atoms with van der Waals surface area (Å²) < 4.78 is 29.8. The SMILES string of the molecule is CCn1ncc(Br)c1CN(C)C(=O)C1CCN(S(=O)(=O)c2ccc(Cl)cc2)CC1. The van der Waals surface area contributed by atoms with Crippen LogP contribution in [0.3, 0.4) is 0 Å². The van der Waals surface area contributed by atoms with Gasteiger partial charge < -0.3 is 4.90 Å². The van der Waals surface area contributed by atoms with Crippen LogP contribution in [0, 0.1) is 5.92 Å². The predicted octanol–water partition coefficient (Wildman–Crippen LogP) is 3.38. The third-order valence-corrected chi connectivity index (χ3v) is 8.04. The Bertz CT molecular complexity index is 970. The maximum Gasteiger partial charge on any atom is 0.243 e. The minimum absolute atomic E-state index is 0.0318. The Morgan fingerprint density at radius 2 is 1.90 bits per heavy atom. The summed E-state index contributed by atoms with van der Waals surface area (Å²) in [4.78, 5) is 14.8. The molecule has 0 unspecified atom stereocenters. The summed E-state index contributed by atoms with van der Waals surface area (Å²) >= 11 is 9.34. The van der Waals surface area contributed by atoms with Crippen molar-refractivity contribution in [2.75, 3.05) is 20.1 Å². The highest BCUT2D eigenvalue weighted by atomic mass is 79.9. The highest BCUT2D eigenvalue weighted by Crippen LogP contribution is 2.26. The minimum Gasteiger partial charge on any atom is -0.340 e. The van der Waals surface area contributed by atoms with E-state index in [0.29, 0.717) is 37.5 Å². The number of amides is 1. The molecule has 0 spiro atoms. The average Bonchev–Trinajstić information content (AvgIpc) is 3.07. The lowest BCUT2D eigenvalue weighted by atomic mass is 9.96. The van der Waals surface area contributed by atoms with Crippen LogP contribution in [-0.2, 0) is 27.9 Å². The van der Waals surface area contributed by atoms with Crippen LogP contribution in [0.5, 0.6) is 0 Å². The molecule has 0 atom stereocenters. The van der Waals surface area contributed by atoms with Gasteiger partial charge in [-0.3, -0.25) is 9.48 Å². The van der Waals surface area contributed by atoms with Crippen molar-refractivity contribution in [3.8, 4) is 0 Å². The fraction of sp³-hybridized carbons (Fsp3) is 0.474. The fourth-order valence-electron chi connectivity index (χ4n) is 3.53. The Labute approximate surface area is 184 Å². The number of nitrogens with zero attached hydrogens (tertiary/aromatic N) is 4. The zero-order valence-corrected chi connectivity index (χ0v) is 19.5. The van der Waals surface area contributed by atoms with Gasteiger partial charge >= 0.3 is 0 Å².